The van der Waals surface area contributed by atoms with E-state index >= 15 is 0 Å². The second-order valence-corrected chi connectivity index (χ2v) is 7.60. The van der Waals surface area contributed by atoms with E-state index < -0.39 is 5.95 Å². The third-order valence-electron chi connectivity index (χ3n) is 5.64. The number of halogens is 1. The quantitative estimate of drug-likeness (QED) is 0.481. The Kier molecular flexibility index (Phi) is 4.28. The lowest BCUT2D eigenvalue weighted by Gasteiger charge is -2.18. The van der Waals surface area contributed by atoms with Crippen molar-refractivity contribution < 1.29 is 9.13 Å². The van der Waals surface area contributed by atoms with Crippen LogP contribution in [0, 0.1) is 12.9 Å². The molecule has 0 fully saturated rings. The second-order valence-electron chi connectivity index (χ2n) is 7.60. The van der Waals surface area contributed by atoms with E-state index in [4.69, 9.17) is 10.5 Å². The van der Waals surface area contributed by atoms with E-state index in [0.29, 0.717) is 23.1 Å². The van der Waals surface area contributed by atoms with Gasteiger partial charge in [-0.1, -0.05) is 12.1 Å². The van der Waals surface area contributed by atoms with Crippen molar-refractivity contribution in [2.45, 2.75) is 19.8 Å². The lowest BCUT2D eigenvalue weighted by molar-refractivity contribution is 0.288. The molecule has 6 heteroatoms. The summed E-state index contributed by atoms with van der Waals surface area (Å²) in [6, 6.07) is 12.9. The molecule has 4 aromatic rings. The number of nitrogens with one attached hydrogen (secondary N) is 1. The van der Waals surface area contributed by atoms with Crippen molar-refractivity contribution in [3.05, 3.63) is 76.1 Å². The maximum Gasteiger partial charge on any atom is 0.255 e. The van der Waals surface area contributed by atoms with Crippen LogP contribution in [0.4, 0.5) is 10.2 Å². The number of hydrogen-bond donors (Lipinski definition) is 2. The smallest absolute Gasteiger partial charge is 0.255 e. The van der Waals surface area contributed by atoms with E-state index in [1.54, 1.807) is 18.3 Å². The predicted molar refractivity (Wildman–Crippen MR) is 116 cm³/mol. The summed E-state index contributed by atoms with van der Waals surface area (Å²) in [5, 5.41) is 1.43. The number of hydrogen-bond acceptors (Lipinski definition) is 4. The van der Waals surface area contributed by atoms with Gasteiger partial charge in [-0.25, -0.2) is 4.98 Å². The molecule has 1 aliphatic heterocycles. The average molecular weight is 401 g/mol. The molecular formula is C24H20FN3O2. The molecule has 0 amide bonds. The molecule has 0 aliphatic carbocycles. The SMILES string of the molecule is Cc1c[nH]c(=O)c2ccc(-c3cc(-c4ccc5c(c4)CCCO5)c(F)nc3N)cc12. The maximum atomic E-state index is 14.8. The lowest BCUT2D eigenvalue weighted by Crippen LogP contribution is -2.08. The van der Waals surface area contributed by atoms with E-state index in [1.807, 2.05) is 37.3 Å². The van der Waals surface area contributed by atoms with E-state index in [2.05, 4.69) is 9.97 Å². The summed E-state index contributed by atoms with van der Waals surface area (Å²) in [4.78, 5) is 18.8. The average Bonchev–Trinajstić information content (AvgIpc) is 2.76. The molecule has 0 unspecified atom stereocenters. The van der Waals surface area contributed by atoms with Crippen LogP contribution in [0.2, 0.25) is 0 Å². The summed E-state index contributed by atoms with van der Waals surface area (Å²) in [5.74, 6) is 0.352. The normalized spacial score (nSPS) is 13.1. The number of rotatable bonds is 2. The molecule has 5 rings (SSSR count). The van der Waals surface area contributed by atoms with Crippen molar-refractivity contribution in [1.82, 2.24) is 9.97 Å². The number of aromatic nitrogens is 2. The van der Waals surface area contributed by atoms with Gasteiger partial charge in [0.15, 0.2) is 0 Å². The number of pyridine rings is 2. The van der Waals surface area contributed by atoms with Crippen molar-refractivity contribution in [3.63, 3.8) is 0 Å². The first kappa shape index (κ1) is 18.4. The highest BCUT2D eigenvalue weighted by Gasteiger charge is 2.17. The number of fused-ring (bicyclic) bond motifs is 2. The molecule has 3 N–H and O–H groups in total. The second kappa shape index (κ2) is 6.99. The number of benzene rings is 2. The minimum Gasteiger partial charge on any atom is -0.493 e. The number of nitrogens with two attached hydrogens (primary N) is 1. The highest BCUT2D eigenvalue weighted by molar-refractivity contribution is 5.91. The molecule has 30 heavy (non-hydrogen) atoms. The first-order valence-electron chi connectivity index (χ1n) is 9.86. The molecular weight excluding hydrogens is 381 g/mol. The fourth-order valence-electron chi connectivity index (χ4n) is 4.03. The molecule has 5 nitrogen and oxygen atoms in total. The van der Waals surface area contributed by atoms with Gasteiger partial charge in [-0.3, -0.25) is 4.79 Å². The van der Waals surface area contributed by atoms with Crippen molar-refractivity contribution in [3.8, 4) is 28.0 Å². The van der Waals surface area contributed by atoms with Crippen molar-refractivity contribution >= 4 is 16.6 Å². The zero-order valence-corrected chi connectivity index (χ0v) is 16.5. The number of ether oxygens (including phenoxy) is 1. The monoisotopic (exact) mass is 401 g/mol. The van der Waals surface area contributed by atoms with Crippen LogP contribution in [0.1, 0.15) is 17.5 Å². The van der Waals surface area contributed by atoms with Crippen LogP contribution in [-0.2, 0) is 6.42 Å². The molecule has 3 heterocycles. The topological polar surface area (TPSA) is 81.0 Å². The standard InChI is InChI=1S/C24H20FN3O2/c1-13-12-27-24(29)17-6-4-15(10-18(13)17)20-11-19(22(25)28-23(20)26)14-5-7-21-16(9-14)3-2-8-30-21/h4-7,9-12H,2-3,8H2,1H3,(H2,26,28)(H,27,29). The molecule has 2 aromatic heterocycles. The van der Waals surface area contributed by atoms with Crippen LogP contribution < -0.4 is 16.0 Å². The third kappa shape index (κ3) is 3.01. The number of nitrogen functional groups attached to an aromatic ring is 1. The molecule has 0 spiro atoms. The van der Waals surface area contributed by atoms with Crippen LogP contribution in [0.5, 0.6) is 5.75 Å². The summed E-state index contributed by atoms with van der Waals surface area (Å²) in [6.07, 6.45) is 3.53. The number of aryl methyl sites for hydroxylation is 2. The van der Waals surface area contributed by atoms with Gasteiger partial charge in [-0.2, -0.15) is 4.39 Å². The zero-order chi connectivity index (χ0) is 20.8. The van der Waals surface area contributed by atoms with Crippen LogP contribution in [-0.4, -0.2) is 16.6 Å². The predicted octanol–water partition coefficient (Wildman–Crippen LogP) is 4.61. The molecule has 0 saturated heterocycles. The Hall–Kier alpha value is -3.67. The summed E-state index contributed by atoms with van der Waals surface area (Å²) < 4.78 is 20.4. The molecule has 150 valence electrons. The number of anilines is 1. The van der Waals surface area contributed by atoms with Crippen molar-refractivity contribution in [1.29, 1.82) is 0 Å². The van der Waals surface area contributed by atoms with Crippen molar-refractivity contribution in [2.24, 2.45) is 0 Å². The molecule has 0 radical (unpaired) electrons. The molecule has 0 saturated carbocycles. The first-order valence-corrected chi connectivity index (χ1v) is 9.86. The number of H-pyrrole nitrogens is 1. The minimum atomic E-state index is -0.610. The zero-order valence-electron chi connectivity index (χ0n) is 16.5. The van der Waals surface area contributed by atoms with Gasteiger partial charge < -0.3 is 15.5 Å². The highest BCUT2D eigenvalue weighted by atomic mass is 19.1. The summed E-state index contributed by atoms with van der Waals surface area (Å²) >= 11 is 0. The minimum absolute atomic E-state index is 0.111. The third-order valence-corrected chi connectivity index (χ3v) is 5.64. The van der Waals surface area contributed by atoms with Gasteiger partial charge >= 0.3 is 0 Å². The van der Waals surface area contributed by atoms with E-state index in [-0.39, 0.29) is 11.4 Å². The van der Waals surface area contributed by atoms with Gasteiger partial charge in [0.25, 0.3) is 5.56 Å². The Balaban J connectivity index is 1.67. The summed E-state index contributed by atoms with van der Waals surface area (Å²) in [6.45, 7) is 2.63. The van der Waals surface area contributed by atoms with Crippen LogP contribution in [0.3, 0.4) is 0 Å². The van der Waals surface area contributed by atoms with E-state index in [9.17, 15) is 9.18 Å². The lowest BCUT2D eigenvalue weighted by atomic mass is 9.96. The van der Waals surface area contributed by atoms with Gasteiger partial charge in [0.05, 0.1) is 6.61 Å². The molecule has 1 aliphatic rings. The highest BCUT2D eigenvalue weighted by Crippen LogP contribution is 2.35. The van der Waals surface area contributed by atoms with Crippen LogP contribution in [0.25, 0.3) is 33.0 Å². The Morgan fingerprint density at radius 3 is 2.73 bits per heavy atom. The van der Waals surface area contributed by atoms with E-state index in [0.717, 1.165) is 46.2 Å². The largest absolute Gasteiger partial charge is 0.493 e. The first-order chi connectivity index (χ1) is 14.5. The number of aromatic amines is 1. The Morgan fingerprint density at radius 1 is 1.07 bits per heavy atom. The number of nitrogens with zero attached hydrogens (tertiary/aromatic N) is 1. The van der Waals surface area contributed by atoms with E-state index in [1.165, 1.54) is 0 Å². The van der Waals surface area contributed by atoms with Crippen molar-refractivity contribution in [2.75, 3.05) is 12.3 Å². The Bertz CT molecular complexity index is 1360. The Morgan fingerprint density at radius 2 is 1.87 bits per heavy atom. The van der Waals surface area contributed by atoms with Gasteiger partial charge in [0, 0.05) is 22.7 Å². The van der Waals surface area contributed by atoms with Gasteiger partial charge in [0.2, 0.25) is 5.95 Å². The van der Waals surface area contributed by atoms with Gasteiger partial charge in [0.1, 0.15) is 11.6 Å². The van der Waals surface area contributed by atoms with Crippen LogP contribution in [0.15, 0.2) is 53.5 Å². The maximum absolute atomic E-state index is 14.8. The van der Waals surface area contributed by atoms with Gasteiger partial charge in [-0.05, 0) is 77.7 Å². The molecule has 0 atom stereocenters. The fraction of sp³-hybridized carbons (Fsp3) is 0.167. The Labute approximate surface area is 172 Å². The summed E-state index contributed by atoms with van der Waals surface area (Å²) in [5.41, 5.74) is 10.5. The fourth-order valence-corrected chi connectivity index (χ4v) is 4.03. The molecule has 0 bridgehead atoms. The van der Waals surface area contributed by atoms with Gasteiger partial charge in [-0.15, -0.1) is 0 Å². The molecule has 2 aromatic carbocycles. The van der Waals surface area contributed by atoms with Crippen LogP contribution >= 0.6 is 0 Å². The summed E-state index contributed by atoms with van der Waals surface area (Å²) in [7, 11) is 0.